The van der Waals surface area contributed by atoms with Crippen LogP contribution in [0.4, 0.5) is 0 Å². The minimum absolute atomic E-state index is 0.275. The van der Waals surface area contributed by atoms with Crippen LogP contribution in [0.15, 0.2) is 12.7 Å². The Bertz CT molecular complexity index is 240. The molecule has 0 aliphatic carbocycles. The molecule has 92 valence electrons. The Hall–Kier alpha value is -0.830. The van der Waals surface area contributed by atoms with E-state index in [1.54, 1.807) is 0 Å². The first-order valence-corrected chi connectivity index (χ1v) is 6.28. The van der Waals surface area contributed by atoms with E-state index in [2.05, 4.69) is 18.8 Å². The van der Waals surface area contributed by atoms with Crippen LogP contribution in [0.25, 0.3) is 0 Å². The van der Waals surface area contributed by atoms with Crippen molar-refractivity contribution in [2.45, 2.75) is 51.1 Å². The van der Waals surface area contributed by atoms with E-state index in [4.69, 9.17) is 0 Å². The van der Waals surface area contributed by atoms with E-state index in [-0.39, 0.29) is 5.91 Å². The molecule has 0 bridgehead atoms. The number of allylic oxidation sites excluding steroid dienone is 1. The van der Waals surface area contributed by atoms with Gasteiger partial charge in [0.15, 0.2) is 0 Å². The van der Waals surface area contributed by atoms with Crippen LogP contribution < -0.4 is 5.32 Å². The molecule has 3 heteroatoms. The van der Waals surface area contributed by atoms with E-state index in [1.807, 2.05) is 18.0 Å². The van der Waals surface area contributed by atoms with Gasteiger partial charge < -0.3 is 10.2 Å². The molecule has 16 heavy (non-hydrogen) atoms. The third-order valence-electron chi connectivity index (χ3n) is 3.31. The Labute approximate surface area is 98.9 Å². The molecule has 0 aromatic heterocycles. The van der Waals surface area contributed by atoms with Crippen LogP contribution in [0, 0.1) is 0 Å². The number of piperidine rings is 1. The molecule has 2 atom stereocenters. The number of hydrogen-bond acceptors (Lipinski definition) is 2. The van der Waals surface area contributed by atoms with Gasteiger partial charge in [0.05, 0.1) is 0 Å². The molecule has 1 fully saturated rings. The average Bonchev–Trinajstić information content (AvgIpc) is 2.29. The number of amides is 1. The lowest BCUT2D eigenvalue weighted by molar-refractivity contribution is -0.132. The van der Waals surface area contributed by atoms with Crippen LogP contribution in [0.2, 0.25) is 0 Å². The van der Waals surface area contributed by atoms with Crippen molar-refractivity contribution in [2.75, 3.05) is 13.6 Å². The molecule has 0 spiro atoms. The maximum atomic E-state index is 11.4. The molecule has 1 rings (SSSR count). The van der Waals surface area contributed by atoms with Gasteiger partial charge in [-0.15, -0.1) is 6.58 Å². The monoisotopic (exact) mass is 224 g/mol. The predicted octanol–water partition coefficient (Wildman–Crippen LogP) is 1.94. The Morgan fingerprint density at radius 3 is 3.00 bits per heavy atom. The fourth-order valence-corrected chi connectivity index (χ4v) is 2.21. The summed E-state index contributed by atoms with van der Waals surface area (Å²) < 4.78 is 0. The first-order valence-electron chi connectivity index (χ1n) is 6.28. The van der Waals surface area contributed by atoms with E-state index in [0.29, 0.717) is 18.5 Å². The largest absolute Gasteiger partial charge is 0.344 e. The van der Waals surface area contributed by atoms with Crippen molar-refractivity contribution in [1.82, 2.24) is 10.2 Å². The molecule has 1 heterocycles. The summed E-state index contributed by atoms with van der Waals surface area (Å²) in [4.78, 5) is 13.2. The topological polar surface area (TPSA) is 32.3 Å². The van der Waals surface area contributed by atoms with Crippen LogP contribution in [0.3, 0.4) is 0 Å². The summed E-state index contributed by atoms with van der Waals surface area (Å²) in [6.45, 7) is 6.81. The van der Waals surface area contributed by atoms with E-state index in [9.17, 15) is 4.79 Å². The van der Waals surface area contributed by atoms with Gasteiger partial charge in [-0.2, -0.15) is 0 Å². The van der Waals surface area contributed by atoms with Gasteiger partial charge in [-0.05, 0) is 25.7 Å². The van der Waals surface area contributed by atoms with Crippen LogP contribution in [-0.4, -0.2) is 36.5 Å². The first-order chi connectivity index (χ1) is 7.67. The highest BCUT2D eigenvalue weighted by atomic mass is 16.2. The van der Waals surface area contributed by atoms with Crippen LogP contribution >= 0.6 is 0 Å². The molecule has 0 unspecified atom stereocenters. The van der Waals surface area contributed by atoms with Gasteiger partial charge >= 0.3 is 0 Å². The maximum Gasteiger partial charge on any atom is 0.222 e. The zero-order chi connectivity index (χ0) is 12.0. The molecule has 1 saturated heterocycles. The van der Waals surface area contributed by atoms with Gasteiger partial charge in [0.25, 0.3) is 0 Å². The number of nitrogens with zero attached hydrogens (tertiary/aromatic N) is 1. The highest BCUT2D eigenvalue weighted by Gasteiger charge is 2.23. The number of carbonyl (C=O) groups excluding carboxylic acids is 1. The van der Waals surface area contributed by atoms with Gasteiger partial charge in [-0.3, -0.25) is 4.79 Å². The van der Waals surface area contributed by atoms with Crippen molar-refractivity contribution < 1.29 is 4.79 Å². The Kier molecular flexibility index (Phi) is 5.53. The van der Waals surface area contributed by atoms with Crippen LogP contribution in [0.1, 0.15) is 39.0 Å². The standard InChI is InChI=1S/C13H24N2O/c1-4-6-7-11(5-2)14-12-8-9-13(16)15(3)10-12/h4,11-12,14H,1,5-10H2,2-3H3/t11-,12-/m0/s1. The van der Waals surface area contributed by atoms with Crippen molar-refractivity contribution in [2.24, 2.45) is 0 Å². The molecule has 0 saturated carbocycles. The minimum Gasteiger partial charge on any atom is -0.344 e. The van der Waals surface area contributed by atoms with Crippen molar-refractivity contribution >= 4 is 5.91 Å². The van der Waals surface area contributed by atoms with Crippen molar-refractivity contribution in [3.8, 4) is 0 Å². The summed E-state index contributed by atoms with van der Waals surface area (Å²) in [5.41, 5.74) is 0. The van der Waals surface area contributed by atoms with E-state index in [1.165, 1.54) is 0 Å². The summed E-state index contributed by atoms with van der Waals surface area (Å²) in [6.07, 6.45) is 6.99. The predicted molar refractivity (Wildman–Crippen MR) is 67.3 cm³/mol. The Morgan fingerprint density at radius 1 is 1.69 bits per heavy atom. The van der Waals surface area contributed by atoms with Crippen molar-refractivity contribution in [3.05, 3.63) is 12.7 Å². The normalized spacial score (nSPS) is 23.2. The van der Waals surface area contributed by atoms with E-state index >= 15 is 0 Å². The molecule has 1 aliphatic rings. The lowest BCUT2D eigenvalue weighted by Gasteiger charge is -2.33. The van der Waals surface area contributed by atoms with Crippen LogP contribution in [-0.2, 0) is 4.79 Å². The van der Waals surface area contributed by atoms with Crippen LogP contribution in [0.5, 0.6) is 0 Å². The average molecular weight is 224 g/mol. The second kappa shape index (κ2) is 6.69. The lowest BCUT2D eigenvalue weighted by atomic mass is 10.0. The highest BCUT2D eigenvalue weighted by molar-refractivity contribution is 5.76. The Balaban J connectivity index is 2.34. The number of carbonyl (C=O) groups is 1. The summed E-state index contributed by atoms with van der Waals surface area (Å²) >= 11 is 0. The third kappa shape index (κ3) is 3.97. The van der Waals surface area contributed by atoms with Crippen molar-refractivity contribution in [1.29, 1.82) is 0 Å². The number of rotatable bonds is 6. The molecule has 0 aromatic rings. The highest BCUT2D eigenvalue weighted by Crippen LogP contribution is 2.12. The quantitative estimate of drug-likeness (QED) is 0.699. The number of likely N-dealkylation sites (N-methyl/N-ethyl adjacent to an activating group) is 1. The zero-order valence-corrected chi connectivity index (χ0v) is 10.5. The van der Waals surface area contributed by atoms with Gasteiger partial charge in [-0.25, -0.2) is 0 Å². The SMILES string of the molecule is C=CCC[C@H](CC)N[C@H]1CCC(=O)N(C)C1. The second-order valence-electron chi connectivity index (χ2n) is 4.65. The van der Waals surface area contributed by atoms with Gasteiger partial charge in [0.2, 0.25) is 5.91 Å². The zero-order valence-electron chi connectivity index (χ0n) is 10.5. The molecule has 1 aliphatic heterocycles. The third-order valence-corrected chi connectivity index (χ3v) is 3.31. The molecular formula is C13H24N2O. The Morgan fingerprint density at radius 2 is 2.44 bits per heavy atom. The minimum atomic E-state index is 0.275. The number of likely N-dealkylation sites (tertiary alicyclic amines) is 1. The van der Waals surface area contributed by atoms with Gasteiger partial charge in [-0.1, -0.05) is 13.0 Å². The first kappa shape index (κ1) is 13.2. The fraction of sp³-hybridized carbons (Fsp3) is 0.769. The molecule has 1 amide bonds. The lowest BCUT2D eigenvalue weighted by Crippen LogP contribution is -2.49. The summed E-state index contributed by atoms with van der Waals surface area (Å²) in [5, 5.41) is 3.65. The smallest absolute Gasteiger partial charge is 0.222 e. The molecule has 0 radical (unpaired) electrons. The van der Waals surface area contributed by atoms with Gasteiger partial charge in [0, 0.05) is 32.1 Å². The van der Waals surface area contributed by atoms with E-state index < -0.39 is 0 Å². The molecular weight excluding hydrogens is 200 g/mol. The number of hydrogen-bond donors (Lipinski definition) is 1. The summed E-state index contributed by atoms with van der Waals surface area (Å²) in [5.74, 6) is 0.275. The maximum absolute atomic E-state index is 11.4. The second-order valence-corrected chi connectivity index (χ2v) is 4.65. The molecule has 3 nitrogen and oxygen atoms in total. The summed E-state index contributed by atoms with van der Waals surface area (Å²) in [6, 6.07) is 1.03. The van der Waals surface area contributed by atoms with Crippen molar-refractivity contribution in [3.63, 3.8) is 0 Å². The van der Waals surface area contributed by atoms with Gasteiger partial charge in [0.1, 0.15) is 0 Å². The molecule has 0 aromatic carbocycles. The summed E-state index contributed by atoms with van der Waals surface area (Å²) in [7, 11) is 1.89. The number of nitrogens with one attached hydrogen (secondary N) is 1. The fourth-order valence-electron chi connectivity index (χ4n) is 2.21. The molecule has 1 N–H and O–H groups in total. The van der Waals surface area contributed by atoms with E-state index in [0.717, 1.165) is 32.2 Å².